The molecule has 0 amide bonds. The predicted molar refractivity (Wildman–Crippen MR) is 87.5 cm³/mol. The number of hydrogen-bond acceptors (Lipinski definition) is 5. The third-order valence-electron chi connectivity index (χ3n) is 3.37. The van der Waals surface area contributed by atoms with E-state index >= 15 is 0 Å². The Morgan fingerprint density at radius 1 is 1.12 bits per heavy atom. The lowest BCUT2D eigenvalue weighted by molar-refractivity contribution is -0.132. The minimum atomic E-state index is -0.793. The highest BCUT2D eigenvalue weighted by molar-refractivity contribution is 6.43. The maximum Gasteiger partial charge on any atom is 0.360 e. The number of halogens is 1. The number of aryl methyl sites for hydroxylation is 1. The smallest absolute Gasteiger partial charge is 0.360 e. The van der Waals surface area contributed by atoms with Crippen molar-refractivity contribution in [2.45, 2.75) is 13.5 Å². The van der Waals surface area contributed by atoms with Gasteiger partial charge in [-0.2, -0.15) is 0 Å². The van der Waals surface area contributed by atoms with Gasteiger partial charge in [0, 0.05) is 5.56 Å². The molecule has 2 aromatic rings. The Bertz CT molecular complexity index is 758. The molecule has 0 spiro atoms. The highest BCUT2D eigenvalue weighted by atomic mass is 19.1. The van der Waals surface area contributed by atoms with Gasteiger partial charge in [0.15, 0.2) is 5.71 Å². The molecule has 0 fully saturated rings. The molecule has 0 aromatic heterocycles. The largest absolute Gasteiger partial charge is 0.489 e. The summed E-state index contributed by atoms with van der Waals surface area (Å²) in [6, 6.07) is 11.9. The molecule has 0 radical (unpaired) electrons. The summed E-state index contributed by atoms with van der Waals surface area (Å²) in [5.74, 6) is -0.725. The van der Waals surface area contributed by atoms with Crippen LogP contribution in [0.3, 0.4) is 0 Å². The zero-order chi connectivity index (χ0) is 17.5. The summed E-state index contributed by atoms with van der Waals surface area (Å²) in [4.78, 5) is 16.5. The third-order valence-corrected chi connectivity index (χ3v) is 3.37. The van der Waals surface area contributed by atoms with Crippen LogP contribution in [0.25, 0.3) is 0 Å². The van der Waals surface area contributed by atoms with Crippen LogP contribution in [-0.4, -0.2) is 25.9 Å². The molecule has 5 nitrogen and oxygen atoms in total. The van der Waals surface area contributed by atoms with Gasteiger partial charge in [0.05, 0.1) is 12.7 Å². The molecular formula is C18H18FNO4. The maximum absolute atomic E-state index is 14.3. The average Bonchev–Trinajstić information content (AvgIpc) is 2.59. The molecule has 0 heterocycles. The van der Waals surface area contributed by atoms with Gasteiger partial charge in [0.25, 0.3) is 0 Å². The van der Waals surface area contributed by atoms with Crippen molar-refractivity contribution in [1.82, 2.24) is 0 Å². The van der Waals surface area contributed by atoms with Gasteiger partial charge in [0.2, 0.25) is 0 Å². The van der Waals surface area contributed by atoms with Gasteiger partial charge >= 0.3 is 5.97 Å². The quantitative estimate of drug-likeness (QED) is 0.463. The van der Waals surface area contributed by atoms with E-state index in [1.54, 1.807) is 6.07 Å². The van der Waals surface area contributed by atoms with Crippen LogP contribution < -0.4 is 4.74 Å². The fourth-order valence-corrected chi connectivity index (χ4v) is 2.20. The van der Waals surface area contributed by atoms with Crippen LogP contribution in [0, 0.1) is 12.7 Å². The number of oxime groups is 1. The molecule has 0 saturated carbocycles. The van der Waals surface area contributed by atoms with Gasteiger partial charge in [-0.25, -0.2) is 9.18 Å². The first-order valence-corrected chi connectivity index (χ1v) is 7.24. The van der Waals surface area contributed by atoms with Crippen molar-refractivity contribution in [2.24, 2.45) is 5.16 Å². The summed E-state index contributed by atoms with van der Waals surface area (Å²) in [5, 5.41) is 3.61. The molecule has 2 rings (SSSR count). The first kappa shape index (κ1) is 17.5. The van der Waals surface area contributed by atoms with E-state index in [1.807, 2.05) is 31.2 Å². The molecular weight excluding hydrogens is 313 g/mol. The van der Waals surface area contributed by atoms with Crippen LogP contribution in [-0.2, 0) is 21.0 Å². The fourth-order valence-electron chi connectivity index (χ4n) is 2.20. The SMILES string of the molecule is CON=C(C(=O)OC)c1c(F)cccc1COc1ccccc1C. The predicted octanol–water partition coefficient (Wildman–Crippen LogP) is 3.24. The molecule has 2 aromatic carbocycles. The summed E-state index contributed by atoms with van der Waals surface area (Å²) in [7, 11) is 2.46. The second-order valence-electron chi connectivity index (χ2n) is 4.94. The molecule has 0 aliphatic rings. The van der Waals surface area contributed by atoms with E-state index < -0.39 is 11.8 Å². The molecule has 0 aliphatic heterocycles. The average molecular weight is 331 g/mol. The van der Waals surface area contributed by atoms with Crippen molar-refractivity contribution in [1.29, 1.82) is 0 Å². The summed E-state index contributed by atoms with van der Waals surface area (Å²) in [5.41, 5.74) is 1.16. The highest BCUT2D eigenvalue weighted by Gasteiger charge is 2.23. The Labute approximate surface area is 139 Å². The zero-order valence-electron chi connectivity index (χ0n) is 13.7. The van der Waals surface area contributed by atoms with E-state index in [0.29, 0.717) is 11.3 Å². The van der Waals surface area contributed by atoms with Gasteiger partial charge in [-0.15, -0.1) is 0 Å². The van der Waals surface area contributed by atoms with Crippen molar-refractivity contribution in [3.63, 3.8) is 0 Å². The number of rotatable bonds is 6. The molecule has 6 heteroatoms. The molecule has 0 saturated heterocycles. The van der Waals surface area contributed by atoms with E-state index in [2.05, 4.69) is 14.7 Å². The van der Waals surface area contributed by atoms with Gasteiger partial charge in [0.1, 0.15) is 25.3 Å². The lowest BCUT2D eigenvalue weighted by Gasteiger charge is -2.13. The maximum atomic E-state index is 14.3. The zero-order valence-corrected chi connectivity index (χ0v) is 13.7. The molecule has 24 heavy (non-hydrogen) atoms. The van der Waals surface area contributed by atoms with Crippen LogP contribution in [0.1, 0.15) is 16.7 Å². The second-order valence-corrected chi connectivity index (χ2v) is 4.94. The van der Waals surface area contributed by atoms with Crippen molar-refractivity contribution in [3.05, 3.63) is 65.0 Å². The number of esters is 1. The number of para-hydroxylation sites is 1. The molecule has 0 N–H and O–H groups in total. The van der Waals surface area contributed by atoms with Gasteiger partial charge < -0.3 is 14.3 Å². The Kier molecular flexibility index (Phi) is 5.89. The molecule has 0 atom stereocenters. The minimum Gasteiger partial charge on any atom is -0.489 e. The number of hydrogen-bond donors (Lipinski definition) is 0. The molecule has 0 aliphatic carbocycles. The normalized spacial score (nSPS) is 11.1. The molecule has 126 valence electrons. The van der Waals surface area contributed by atoms with Gasteiger partial charge in [-0.3, -0.25) is 0 Å². The lowest BCUT2D eigenvalue weighted by atomic mass is 10.0. The minimum absolute atomic E-state index is 0.000200. The summed E-state index contributed by atoms with van der Waals surface area (Å²) in [6.07, 6.45) is 0. The van der Waals surface area contributed by atoms with Crippen molar-refractivity contribution < 1.29 is 23.5 Å². The second kappa shape index (κ2) is 8.10. The standard InChI is InChI=1S/C18H18FNO4/c1-12-7-4-5-10-15(12)24-11-13-8-6-9-14(19)16(13)17(20-23-3)18(21)22-2/h4-10H,11H2,1-3H3. The number of nitrogens with zero attached hydrogens (tertiary/aromatic N) is 1. The summed E-state index contributed by atoms with van der Waals surface area (Å²) < 4.78 is 24.7. The van der Waals surface area contributed by atoms with Crippen molar-refractivity contribution in [3.8, 4) is 5.75 Å². The first-order valence-electron chi connectivity index (χ1n) is 7.24. The molecule has 0 unspecified atom stereocenters. The fraction of sp³-hybridized carbons (Fsp3) is 0.222. The number of methoxy groups -OCH3 is 1. The van der Waals surface area contributed by atoms with E-state index in [9.17, 15) is 9.18 Å². The number of carbonyl (C=O) groups excluding carboxylic acids is 1. The Hall–Kier alpha value is -2.89. The summed E-state index contributed by atoms with van der Waals surface area (Å²) >= 11 is 0. The Balaban J connectivity index is 2.37. The van der Waals surface area contributed by atoms with E-state index in [1.165, 1.54) is 26.4 Å². The third kappa shape index (κ3) is 3.90. The van der Waals surface area contributed by atoms with Gasteiger partial charge in [-0.05, 0) is 24.6 Å². The number of carbonyl (C=O) groups is 1. The van der Waals surface area contributed by atoms with Crippen LogP contribution in [0.4, 0.5) is 4.39 Å². The highest BCUT2D eigenvalue weighted by Crippen LogP contribution is 2.21. The first-order chi connectivity index (χ1) is 11.6. The topological polar surface area (TPSA) is 57.1 Å². The summed E-state index contributed by atoms with van der Waals surface area (Å²) in [6.45, 7) is 1.98. The van der Waals surface area contributed by atoms with Crippen LogP contribution in [0.5, 0.6) is 5.75 Å². The van der Waals surface area contributed by atoms with Crippen molar-refractivity contribution in [2.75, 3.05) is 14.2 Å². The van der Waals surface area contributed by atoms with E-state index in [-0.39, 0.29) is 17.9 Å². The van der Waals surface area contributed by atoms with E-state index in [0.717, 1.165) is 5.56 Å². The van der Waals surface area contributed by atoms with E-state index in [4.69, 9.17) is 4.74 Å². The number of benzene rings is 2. The van der Waals surface area contributed by atoms with Crippen LogP contribution >= 0.6 is 0 Å². The van der Waals surface area contributed by atoms with Crippen LogP contribution in [0.2, 0.25) is 0 Å². The lowest BCUT2D eigenvalue weighted by Crippen LogP contribution is -2.21. The Morgan fingerprint density at radius 3 is 2.54 bits per heavy atom. The van der Waals surface area contributed by atoms with Crippen molar-refractivity contribution >= 4 is 11.7 Å². The molecule has 0 bridgehead atoms. The number of ether oxygens (including phenoxy) is 2. The van der Waals surface area contributed by atoms with Gasteiger partial charge in [-0.1, -0.05) is 35.5 Å². The van der Waals surface area contributed by atoms with Crippen LogP contribution in [0.15, 0.2) is 47.6 Å². The Morgan fingerprint density at radius 2 is 1.88 bits per heavy atom. The monoisotopic (exact) mass is 331 g/mol.